The summed E-state index contributed by atoms with van der Waals surface area (Å²) in [5.41, 5.74) is 0.994. The second-order valence-electron chi connectivity index (χ2n) is 4.59. The third-order valence-electron chi connectivity index (χ3n) is 3.29. The maximum Gasteiger partial charge on any atom is 0.259 e. The molecule has 0 saturated carbocycles. The fourth-order valence-corrected chi connectivity index (χ4v) is 2.10. The summed E-state index contributed by atoms with van der Waals surface area (Å²) in [6.07, 6.45) is 0. The second-order valence-corrected chi connectivity index (χ2v) is 4.59. The Morgan fingerprint density at radius 3 is 2.09 bits per heavy atom. The molecular weight excluding hydrogens is 298 g/mol. The number of methoxy groups -OCH3 is 4. The molecule has 0 aromatic heterocycles. The molecule has 1 N–H and O–H groups in total. The highest BCUT2D eigenvalue weighted by Gasteiger charge is 2.14. The van der Waals surface area contributed by atoms with E-state index >= 15 is 0 Å². The minimum Gasteiger partial charge on any atom is -0.497 e. The minimum atomic E-state index is -0.295. The van der Waals surface area contributed by atoms with Crippen LogP contribution < -0.4 is 24.3 Å². The average molecular weight is 317 g/mol. The van der Waals surface area contributed by atoms with Gasteiger partial charge in [0.1, 0.15) is 11.5 Å². The summed E-state index contributed by atoms with van der Waals surface area (Å²) in [6.45, 7) is 0. The van der Waals surface area contributed by atoms with Gasteiger partial charge in [0.15, 0.2) is 11.5 Å². The number of nitrogens with one attached hydrogen (secondary N) is 1. The number of carbonyl (C=O) groups is 1. The van der Waals surface area contributed by atoms with Gasteiger partial charge in [-0.2, -0.15) is 0 Å². The lowest BCUT2D eigenvalue weighted by Crippen LogP contribution is -2.13. The van der Waals surface area contributed by atoms with Crippen LogP contribution in [0.5, 0.6) is 23.0 Å². The third kappa shape index (κ3) is 3.66. The quantitative estimate of drug-likeness (QED) is 0.887. The highest BCUT2D eigenvalue weighted by atomic mass is 16.5. The summed E-state index contributed by atoms with van der Waals surface area (Å²) in [6, 6.07) is 10.1. The zero-order chi connectivity index (χ0) is 16.8. The summed E-state index contributed by atoms with van der Waals surface area (Å²) >= 11 is 0. The maximum absolute atomic E-state index is 12.4. The molecule has 23 heavy (non-hydrogen) atoms. The van der Waals surface area contributed by atoms with Crippen LogP contribution in [0, 0.1) is 0 Å². The van der Waals surface area contributed by atoms with E-state index < -0.39 is 0 Å². The molecule has 0 aliphatic rings. The minimum absolute atomic E-state index is 0.295. The van der Waals surface area contributed by atoms with E-state index in [1.807, 2.05) is 0 Å². The Kier molecular flexibility index (Phi) is 5.30. The molecule has 0 atom stereocenters. The number of amides is 1. The van der Waals surface area contributed by atoms with Crippen LogP contribution in [0.2, 0.25) is 0 Å². The van der Waals surface area contributed by atoms with Gasteiger partial charge in [0.2, 0.25) is 0 Å². The predicted molar refractivity (Wildman–Crippen MR) is 87.0 cm³/mol. The fraction of sp³-hybridized carbons (Fsp3) is 0.235. The third-order valence-corrected chi connectivity index (χ3v) is 3.29. The molecule has 2 aromatic carbocycles. The molecule has 0 radical (unpaired) electrons. The van der Waals surface area contributed by atoms with Gasteiger partial charge in [-0.15, -0.1) is 0 Å². The number of carbonyl (C=O) groups excluding carboxylic acids is 1. The first-order valence-corrected chi connectivity index (χ1v) is 6.88. The Balaban J connectivity index is 2.25. The average Bonchev–Trinajstić information content (AvgIpc) is 2.60. The van der Waals surface area contributed by atoms with Crippen LogP contribution in [0.25, 0.3) is 0 Å². The van der Waals surface area contributed by atoms with Gasteiger partial charge < -0.3 is 24.3 Å². The Bertz CT molecular complexity index is 699. The molecular formula is C17H19NO5. The van der Waals surface area contributed by atoms with Crippen molar-refractivity contribution in [3.8, 4) is 23.0 Å². The van der Waals surface area contributed by atoms with Gasteiger partial charge in [-0.25, -0.2) is 0 Å². The number of anilines is 1. The highest BCUT2D eigenvalue weighted by molar-refractivity contribution is 6.06. The molecule has 2 rings (SSSR count). The van der Waals surface area contributed by atoms with Crippen LogP contribution in [0.4, 0.5) is 5.69 Å². The molecule has 0 unspecified atom stereocenters. The lowest BCUT2D eigenvalue weighted by Gasteiger charge is -2.12. The molecule has 0 aliphatic carbocycles. The first-order chi connectivity index (χ1) is 11.1. The van der Waals surface area contributed by atoms with Crippen molar-refractivity contribution in [2.45, 2.75) is 0 Å². The van der Waals surface area contributed by atoms with Gasteiger partial charge >= 0.3 is 0 Å². The molecule has 6 nitrogen and oxygen atoms in total. The summed E-state index contributed by atoms with van der Waals surface area (Å²) in [7, 11) is 6.15. The van der Waals surface area contributed by atoms with Gasteiger partial charge in [0.05, 0.1) is 34.0 Å². The van der Waals surface area contributed by atoms with Gasteiger partial charge in [0.25, 0.3) is 5.91 Å². The van der Waals surface area contributed by atoms with Gasteiger partial charge in [-0.1, -0.05) is 0 Å². The molecule has 0 bridgehead atoms. The van der Waals surface area contributed by atoms with Gasteiger partial charge in [-0.05, 0) is 24.3 Å². The van der Waals surface area contributed by atoms with Crippen LogP contribution >= 0.6 is 0 Å². The van der Waals surface area contributed by atoms with E-state index in [2.05, 4.69) is 5.32 Å². The van der Waals surface area contributed by atoms with Crippen molar-refractivity contribution in [1.82, 2.24) is 0 Å². The van der Waals surface area contributed by atoms with Crippen molar-refractivity contribution in [2.75, 3.05) is 33.8 Å². The van der Waals surface area contributed by atoms with Crippen LogP contribution in [-0.4, -0.2) is 34.3 Å². The smallest absolute Gasteiger partial charge is 0.259 e. The van der Waals surface area contributed by atoms with E-state index in [9.17, 15) is 4.79 Å². The van der Waals surface area contributed by atoms with Crippen molar-refractivity contribution < 1.29 is 23.7 Å². The van der Waals surface area contributed by atoms with Crippen molar-refractivity contribution in [2.24, 2.45) is 0 Å². The van der Waals surface area contributed by atoms with Gasteiger partial charge in [-0.3, -0.25) is 4.79 Å². The highest BCUT2D eigenvalue weighted by Crippen LogP contribution is 2.31. The zero-order valence-electron chi connectivity index (χ0n) is 13.5. The van der Waals surface area contributed by atoms with Crippen LogP contribution in [-0.2, 0) is 0 Å². The summed E-state index contributed by atoms with van der Waals surface area (Å²) < 4.78 is 20.8. The lowest BCUT2D eigenvalue weighted by atomic mass is 10.1. The fourth-order valence-electron chi connectivity index (χ4n) is 2.10. The Labute approximate surface area is 134 Å². The molecule has 122 valence electrons. The van der Waals surface area contributed by atoms with E-state index in [-0.39, 0.29) is 5.91 Å². The van der Waals surface area contributed by atoms with E-state index in [0.29, 0.717) is 34.2 Å². The standard InChI is InChI=1S/C17H19NO5/c1-20-12-6-7-13(15(10-12)22-3)17(19)18-11-5-8-14(21-2)16(9-11)23-4/h5-10H,1-4H3,(H,18,19). The maximum atomic E-state index is 12.4. The van der Waals surface area contributed by atoms with E-state index in [0.717, 1.165) is 0 Å². The normalized spacial score (nSPS) is 9.91. The summed E-state index contributed by atoms with van der Waals surface area (Å²) in [5, 5.41) is 2.80. The Morgan fingerprint density at radius 1 is 0.783 bits per heavy atom. The van der Waals surface area contributed by atoms with Crippen molar-refractivity contribution in [3.05, 3.63) is 42.0 Å². The Morgan fingerprint density at radius 2 is 1.48 bits per heavy atom. The Hall–Kier alpha value is -2.89. The molecule has 6 heteroatoms. The van der Waals surface area contributed by atoms with E-state index in [1.165, 1.54) is 14.2 Å². The predicted octanol–water partition coefficient (Wildman–Crippen LogP) is 2.97. The molecule has 0 saturated heterocycles. The van der Waals surface area contributed by atoms with Crippen LogP contribution in [0.15, 0.2) is 36.4 Å². The number of ether oxygens (including phenoxy) is 4. The second kappa shape index (κ2) is 7.40. The number of rotatable bonds is 6. The van der Waals surface area contributed by atoms with Crippen molar-refractivity contribution in [1.29, 1.82) is 0 Å². The summed E-state index contributed by atoms with van der Waals surface area (Å²) in [4.78, 5) is 12.4. The van der Waals surface area contributed by atoms with E-state index in [4.69, 9.17) is 18.9 Å². The first-order valence-electron chi connectivity index (χ1n) is 6.88. The molecule has 0 spiro atoms. The van der Waals surface area contributed by atoms with Gasteiger partial charge in [0, 0.05) is 17.8 Å². The summed E-state index contributed by atoms with van der Waals surface area (Å²) in [5.74, 6) is 1.88. The molecule has 0 heterocycles. The number of hydrogen-bond donors (Lipinski definition) is 1. The van der Waals surface area contributed by atoms with Crippen molar-refractivity contribution in [3.63, 3.8) is 0 Å². The molecule has 1 amide bonds. The van der Waals surface area contributed by atoms with Crippen LogP contribution in [0.3, 0.4) is 0 Å². The van der Waals surface area contributed by atoms with Crippen LogP contribution in [0.1, 0.15) is 10.4 Å². The SMILES string of the molecule is COc1ccc(C(=O)Nc2ccc(OC)c(OC)c2)c(OC)c1. The molecule has 0 aliphatic heterocycles. The largest absolute Gasteiger partial charge is 0.497 e. The monoisotopic (exact) mass is 317 g/mol. The molecule has 0 fully saturated rings. The number of benzene rings is 2. The van der Waals surface area contributed by atoms with Crippen molar-refractivity contribution >= 4 is 11.6 Å². The first kappa shape index (κ1) is 16.5. The van der Waals surface area contributed by atoms with E-state index in [1.54, 1.807) is 50.6 Å². The molecule has 2 aromatic rings. The zero-order valence-corrected chi connectivity index (χ0v) is 13.5. The number of hydrogen-bond acceptors (Lipinski definition) is 5. The lowest BCUT2D eigenvalue weighted by molar-refractivity contribution is 0.102. The topological polar surface area (TPSA) is 66.0 Å².